The van der Waals surface area contributed by atoms with E-state index in [-0.39, 0.29) is 17.9 Å². The fraction of sp³-hybridized carbons (Fsp3) is 0.600. The van der Waals surface area contributed by atoms with E-state index in [1.807, 2.05) is 0 Å². The number of piperazine rings is 1. The van der Waals surface area contributed by atoms with Crippen LogP contribution < -0.4 is 9.64 Å². The zero-order valence-electron chi connectivity index (χ0n) is 22.8. The molecule has 2 aliphatic carbocycles. The molecule has 9 heteroatoms. The zero-order valence-corrected chi connectivity index (χ0v) is 22.8. The summed E-state index contributed by atoms with van der Waals surface area (Å²) in [7, 11) is 2.14. The maximum absolute atomic E-state index is 11.8. The molecular weight excluding hydrogens is 492 g/mol. The zero-order chi connectivity index (χ0) is 27.0. The lowest BCUT2D eigenvalue weighted by atomic mass is 9.62. The van der Waals surface area contributed by atoms with E-state index in [0.29, 0.717) is 38.3 Å². The number of fused-ring (bicyclic) bond motifs is 3. The van der Waals surface area contributed by atoms with Crippen molar-refractivity contribution in [3.8, 4) is 12.1 Å². The number of anilines is 1. The van der Waals surface area contributed by atoms with Crippen LogP contribution in [0.25, 0.3) is 0 Å². The molecule has 39 heavy (non-hydrogen) atoms. The molecule has 1 amide bonds. The summed E-state index contributed by atoms with van der Waals surface area (Å²) in [6, 6.07) is 11.5. The fourth-order valence-electron chi connectivity index (χ4n) is 7.39. The van der Waals surface area contributed by atoms with E-state index in [1.165, 1.54) is 28.9 Å². The summed E-state index contributed by atoms with van der Waals surface area (Å²) in [6.07, 6.45) is 7.77. The highest BCUT2D eigenvalue weighted by Crippen LogP contribution is 2.47. The molecule has 2 aromatic rings. The molecule has 6 rings (SSSR count). The average molecular weight is 531 g/mol. The van der Waals surface area contributed by atoms with Gasteiger partial charge in [-0.05, 0) is 76.1 Å². The molecule has 3 atom stereocenters. The Morgan fingerprint density at radius 1 is 1.15 bits per heavy atom. The number of likely N-dealkylation sites (tertiary alicyclic amines) is 1. The van der Waals surface area contributed by atoms with Gasteiger partial charge in [-0.3, -0.25) is 0 Å². The van der Waals surface area contributed by atoms with E-state index in [9.17, 15) is 15.2 Å². The van der Waals surface area contributed by atoms with Crippen LogP contribution in [0.1, 0.15) is 60.9 Å². The highest BCUT2D eigenvalue weighted by Gasteiger charge is 2.42. The number of carbonyl (C=O) groups is 1. The van der Waals surface area contributed by atoms with E-state index in [0.717, 1.165) is 62.1 Å². The van der Waals surface area contributed by atoms with Gasteiger partial charge in [-0.25, -0.2) is 4.79 Å². The van der Waals surface area contributed by atoms with Gasteiger partial charge in [0.15, 0.2) is 0 Å². The lowest BCUT2D eigenvalue weighted by Gasteiger charge is -2.44. The topological polar surface area (TPSA) is 106 Å². The van der Waals surface area contributed by atoms with Gasteiger partial charge in [-0.15, -0.1) is 0 Å². The lowest BCUT2D eigenvalue weighted by Crippen LogP contribution is -2.55. The van der Waals surface area contributed by atoms with Gasteiger partial charge >= 0.3 is 12.1 Å². The molecule has 0 bridgehead atoms. The Hall–Kier alpha value is -3.38. The van der Waals surface area contributed by atoms with E-state index >= 15 is 0 Å². The number of benzene rings is 1. The number of amides is 1. The third-order valence-corrected chi connectivity index (χ3v) is 9.53. The van der Waals surface area contributed by atoms with Crippen molar-refractivity contribution in [1.82, 2.24) is 19.8 Å². The molecule has 9 nitrogen and oxygen atoms in total. The second-order valence-electron chi connectivity index (χ2n) is 11.7. The van der Waals surface area contributed by atoms with Crippen molar-refractivity contribution in [2.75, 3.05) is 44.7 Å². The molecule has 1 N–H and O–H groups in total. The van der Waals surface area contributed by atoms with Gasteiger partial charge < -0.3 is 24.5 Å². The van der Waals surface area contributed by atoms with Gasteiger partial charge in [0, 0.05) is 36.7 Å². The maximum Gasteiger partial charge on any atom is 0.407 e. The van der Waals surface area contributed by atoms with Gasteiger partial charge in [0.05, 0.1) is 24.2 Å². The summed E-state index contributed by atoms with van der Waals surface area (Å²) < 4.78 is 6.29. The number of likely N-dealkylation sites (N-methyl/N-ethyl adjacent to an activating group) is 1. The molecule has 1 aromatic carbocycles. The third-order valence-electron chi connectivity index (χ3n) is 9.53. The van der Waals surface area contributed by atoms with Crippen molar-refractivity contribution in [2.45, 2.75) is 75.3 Å². The number of aromatic nitrogens is 2. The van der Waals surface area contributed by atoms with Crippen LogP contribution in [-0.4, -0.2) is 82.9 Å². The molecule has 2 fully saturated rings. The van der Waals surface area contributed by atoms with E-state index in [4.69, 9.17) is 14.7 Å². The summed E-state index contributed by atoms with van der Waals surface area (Å²) in [5.74, 6) is 0.863. The Morgan fingerprint density at radius 2 is 2.03 bits per heavy atom. The van der Waals surface area contributed by atoms with E-state index in [2.05, 4.69) is 47.2 Å². The highest BCUT2D eigenvalue weighted by molar-refractivity contribution is 5.66. The summed E-state index contributed by atoms with van der Waals surface area (Å²) in [6.45, 7) is 2.98. The largest absolute Gasteiger partial charge is 0.465 e. The van der Waals surface area contributed by atoms with Crippen molar-refractivity contribution < 1.29 is 14.6 Å². The lowest BCUT2D eigenvalue weighted by molar-refractivity contribution is 0.118. The number of ether oxygens (including phenoxy) is 1. The van der Waals surface area contributed by atoms with Crippen molar-refractivity contribution >= 4 is 11.9 Å². The van der Waals surface area contributed by atoms with Gasteiger partial charge in [-0.1, -0.05) is 24.3 Å². The first-order chi connectivity index (χ1) is 19.0. The number of hydrogen-bond donors (Lipinski definition) is 1. The number of carboxylic acid groups (broad SMARTS) is 1. The third kappa shape index (κ3) is 4.91. The Kier molecular flexibility index (Phi) is 7.06. The van der Waals surface area contributed by atoms with Gasteiger partial charge in [0.25, 0.3) is 0 Å². The Labute approximate surface area is 230 Å². The van der Waals surface area contributed by atoms with Crippen LogP contribution in [0.4, 0.5) is 10.6 Å². The standard InChI is InChI=1S/C30H38N6O3/c1-34-15-5-8-23(34)20-39-28-32-26-18-30(12-4-7-21-6-2-3-9-25(21)30)13-10-24(26)27(33-28)35-16-17-36(29(37)38)22(19-35)11-14-31/h2-3,6,9,22-23H,4-5,7-8,10-13,15-20H2,1H3,(H,37,38)/t22-,23-,30?/m0/s1. The Bertz CT molecular complexity index is 1280. The molecule has 0 radical (unpaired) electrons. The second kappa shape index (κ2) is 10.6. The number of aryl methyl sites for hydroxylation is 1. The van der Waals surface area contributed by atoms with Gasteiger partial charge in [0.2, 0.25) is 0 Å². The quantitative estimate of drug-likeness (QED) is 0.622. The molecule has 4 aliphatic rings. The van der Waals surface area contributed by atoms with Crippen LogP contribution in [0.15, 0.2) is 24.3 Å². The molecule has 2 aliphatic heterocycles. The minimum Gasteiger partial charge on any atom is -0.465 e. The minimum absolute atomic E-state index is 0.0851. The predicted octanol–water partition coefficient (Wildman–Crippen LogP) is 3.79. The van der Waals surface area contributed by atoms with Crippen LogP contribution >= 0.6 is 0 Å². The van der Waals surface area contributed by atoms with Crippen LogP contribution in [0.2, 0.25) is 0 Å². The number of rotatable bonds is 5. The molecule has 0 saturated carbocycles. The van der Waals surface area contributed by atoms with Gasteiger partial charge in [0.1, 0.15) is 12.4 Å². The average Bonchev–Trinajstić information content (AvgIpc) is 3.36. The first-order valence-corrected chi connectivity index (χ1v) is 14.4. The van der Waals surface area contributed by atoms with Gasteiger partial charge in [-0.2, -0.15) is 15.2 Å². The number of nitriles is 1. The molecule has 1 unspecified atom stereocenters. The van der Waals surface area contributed by atoms with E-state index in [1.54, 1.807) is 0 Å². The normalized spacial score (nSPS) is 26.7. The predicted molar refractivity (Wildman–Crippen MR) is 147 cm³/mol. The summed E-state index contributed by atoms with van der Waals surface area (Å²) in [5, 5.41) is 19.1. The number of nitrogens with zero attached hydrogens (tertiary/aromatic N) is 6. The molecule has 206 valence electrons. The Balaban J connectivity index is 1.34. The first-order valence-electron chi connectivity index (χ1n) is 14.4. The van der Waals surface area contributed by atoms with Crippen molar-refractivity contribution in [1.29, 1.82) is 5.26 Å². The smallest absolute Gasteiger partial charge is 0.407 e. The molecular formula is C30H38N6O3. The summed E-state index contributed by atoms with van der Waals surface area (Å²) in [5.41, 5.74) is 5.25. The van der Waals surface area contributed by atoms with Crippen LogP contribution in [0.3, 0.4) is 0 Å². The highest BCUT2D eigenvalue weighted by atomic mass is 16.5. The SMILES string of the molecule is CN1CCC[C@H]1COc1nc2c(c(N3CCN(C(=O)O)[C@@H](CC#N)C3)n1)CCC1(CCCc3ccccc31)C2. The summed E-state index contributed by atoms with van der Waals surface area (Å²) in [4.78, 5) is 27.7. The number of hydrogen-bond acceptors (Lipinski definition) is 7. The molecule has 1 spiro atoms. The molecule has 3 heterocycles. The molecule has 2 saturated heterocycles. The summed E-state index contributed by atoms with van der Waals surface area (Å²) >= 11 is 0. The van der Waals surface area contributed by atoms with Crippen molar-refractivity contribution in [3.05, 3.63) is 46.6 Å². The van der Waals surface area contributed by atoms with Crippen molar-refractivity contribution in [3.63, 3.8) is 0 Å². The van der Waals surface area contributed by atoms with Crippen molar-refractivity contribution in [2.24, 2.45) is 0 Å². The monoisotopic (exact) mass is 530 g/mol. The first kappa shape index (κ1) is 25.9. The van der Waals surface area contributed by atoms with Crippen LogP contribution in [0, 0.1) is 11.3 Å². The second-order valence-corrected chi connectivity index (χ2v) is 11.7. The fourth-order valence-corrected chi connectivity index (χ4v) is 7.39. The van der Waals surface area contributed by atoms with E-state index < -0.39 is 6.09 Å². The Morgan fingerprint density at radius 3 is 2.82 bits per heavy atom. The van der Waals surface area contributed by atoms with Crippen LogP contribution in [0.5, 0.6) is 6.01 Å². The van der Waals surface area contributed by atoms with Crippen LogP contribution in [-0.2, 0) is 24.7 Å². The molecule has 1 aromatic heterocycles. The maximum atomic E-state index is 11.8. The minimum atomic E-state index is -0.970.